The SMILES string of the molecule is COc1c(C(N)CCSC)ccc(C)c1C. The van der Waals surface area contributed by atoms with Crippen molar-refractivity contribution in [2.75, 3.05) is 19.1 Å². The Morgan fingerprint density at radius 1 is 1.38 bits per heavy atom. The normalized spacial score (nSPS) is 12.6. The molecule has 0 bridgehead atoms. The van der Waals surface area contributed by atoms with Crippen LogP contribution in [-0.4, -0.2) is 19.1 Å². The number of rotatable bonds is 5. The van der Waals surface area contributed by atoms with Crippen LogP contribution in [-0.2, 0) is 0 Å². The van der Waals surface area contributed by atoms with Crippen LogP contribution in [0.25, 0.3) is 0 Å². The predicted molar refractivity (Wildman–Crippen MR) is 72.4 cm³/mol. The molecule has 0 fully saturated rings. The summed E-state index contributed by atoms with van der Waals surface area (Å²) in [6.45, 7) is 4.17. The summed E-state index contributed by atoms with van der Waals surface area (Å²) in [5.41, 5.74) is 9.75. The molecule has 0 saturated carbocycles. The molecular weight excluding hydrogens is 218 g/mol. The van der Waals surface area contributed by atoms with Gasteiger partial charge in [-0.3, -0.25) is 0 Å². The molecule has 1 rings (SSSR count). The number of hydrogen-bond acceptors (Lipinski definition) is 3. The third kappa shape index (κ3) is 2.92. The third-order valence-electron chi connectivity index (χ3n) is 2.94. The molecule has 0 aliphatic carbocycles. The molecule has 1 atom stereocenters. The molecule has 0 saturated heterocycles. The molecule has 1 aromatic rings. The second-order valence-electron chi connectivity index (χ2n) is 4.02. The summed E-state index contributed by atoms with van der Waals surface area (Å²) in [4.78, 5) is 0. The zero-order valence-corrected chi connectivity index (χ0v) is 11.4. The first-order chi connectivity index (χ1) is 7.61. The number of benzene rings is 1. The molecule has 0 aliphatic rings. The molecular formula is C13H21NOS. The Labute approximate surface area is 103 Å². The number of aryl methyl sites for hydroxylation is 1. The van der Waals surface area contributed by atoms with Gasteiger partial charge in [0.1, 0.15) is 5.75 Å². The fourth-order valence-corrected chi connectivity index (χ4v) is 2.26. The van der Waals surface area contributed by atoms with Gasteiger partial charge in [0.05, 0.1) is 7.11 Å². The molecule has 2 nitrogen and oxygen atoms in total. The minimum absolute atomic E-state index is 0.0710. The Morgan fingerprint density at radius 3 is 2.62 bits per heavy atom. The number of methoxy groups -OCH3 is 1. The highest BCUT2D eigenvalue weighted by atomic mass is 32.2. The quantitative estimate of drug-likeness (QED) is 0.857. The lowest BCUT2D eigenvalue weighted by Gasteiger charge is -2.18. The Balaban J connectivity index is 2.99. The third-order valence-corrected chi connectivity index (χ3v) is 3.59. The minimum Gasteiger partial charge on any atom is -0.496 e. The van der Waals surface area contributed by atoms with E-state index in [0.29, 0.717) is 0 Å². The van der Waals surface area contributed by atoms with E-state index in [1.165, 1.54) is 11.1 Å². The molecule has 0 radical (unpaired) electrons. The molecule has 0 aliphatic heterocycles. The summed E-state index contributed by atoms with van der Waals surface area (Å²) in [5.74, 6) is 2.03. The van der Waals surface area contributed by atoms with E-state index in [4.69, 9.17) is 10.5 Å². The van der Waals surface area contributed by atoms with Gasteiger partial charge in [-0.15, -0.1) is 0 Å². The van der Waals surface area contributed by atoms with Gasteiger partial charge in [-0.05, 0) is 43.4 Å². The fourth-order valence-electron chi connectivity index (χ4n) is 1.77. The highest BCUT2D eigenvalue weighted by Crippen LogP contribution is 2.31. The van der Waals surface area contributed by atoms with Gasteiger partial charge in [-0.25, -0.2) is 0 Å². The molecule has 1 aromatic carbocycles. The zero-order chi connectivity index (χ0) is 12.1. The Kier molecular flexibility index (Phi) is 5.16. The van der Waals surface area contributed by atoms with Gasteiger partial charge in [0.25, 0.3) is 0 Å². The lowest BCUT2D eigenvalue weighted by atomic mass is 9.98. The van der Waals surface area contributed by atoms with Crippen LogP contribution >= 0.6 is 11.8 Å². The summed E-state index contributed by atoms with van der Waals surface area (Å²) >= 11 is 1.82. The van der Waals surface area contributed by atoms with Gasteiger partial charge in [0.2, 0.25) is 0 Å². The summed E-state index contributed by atoms with van der Waals surface area (Å²) < 4.78 is 5.47. The second-order valence-corrected chi connectivity index (χ2v) is 5.00. The molecule has 3 heteroatoms. The molecule has 0 amide bonds. The van der Waals surface area contributed by atoms with Crippen molar-refractivity contribution >= 4 is 11.8 Å². The van der Waals surface area contributed by atoms with E-state index < -0.39 is 0 Å². The molecule has 2 N–H and O–H groups in total. The summed E-state index contributed by atoms with van der Waals surface area (Å²) in [6.07, 6.45) is 3.09. The molecule has 0 spiro atoms. The van der Waals surface area contributed by atoms with Crippen molar-refractivity contribution in [2.24, 2.45) is 5.73 Å². The topological polar surface area (TPSA) is 35.2 Å². The first-order valence-corrected chi connectivity index (χ1v) is 6.89. The monoisotopic (exact) mass is 239 g/mol. The number of nitrogens with two attached hydrogens (primary N) is 1. The molecule has 0 aromatic heterocycles. The Morgan fingerprint density at radius 2 is 2.06 bits per heavy atom. The lowest BCUT2D eigenvalue weighted by molar-refractivity contribution is 0.401. The second kappa shape index (κ2) is 6.16. The van der Waals surface area contributed by atoms with E-state index in [-0.39, 0.29) is 6.04 Å². The average molecular weight is 239 g/mol. The van der Waals surface area contributed by atoms with Crippen LogP contribution in [0.4, 0.5) is 0 Å². The van der Waals surface area contributed by atoms with Crippen LogP contribution in [0.3, 0.4) is 0 Å². The van der Waals surface area contributed by atoms with Gasteiger partial charge in [-0.1, -0.05) is 12.1 Å². The van der Waals surface area contributed by atoms with E-state index in [9.17, 15) is 0 Å². The van der Waals surface area contributed by atoms with Crippen LogP contribution in [0.5, 0.6) is 5.75 Å². The van der Waals surface area contributed by atoms with E-state index >= 15 is 0 Å². The van der Waals surface area contributed by atoms with E-state index in [1.807, 2.05) is 11.8 Å². The maximum Gasteiger partial charge on any atom is 0.126 e. The van der Waals surface area contributed by atoms with Crippen molar-refractivity contribution in [3.05, 3.63) is 28.8 Å². The molecule has 90 valence electrons. The van der Waals surface area contributed by atoms with Gasteiger partial charge in [0, 0.05) is 11.6 Å². The van der Waals surface area contributed by atoms with E-state index in [2.05, 4.69) is 32.2 Å². The summed E-state index contributed by atoms with van der Waals surface area (Å²) in [7, 11) is 1.71. The fraction of sp³-hybridized carbons (Fsp3) is 0.538. The smallest absolute Gasteiger partial charge is 0.126 e. The van der Waals surface area contributed by atoms with Gasteiger partial charge >= 0.3 is 0 Å². The van der Waals surface area contributed by atoms with E-state index in [0.717, 1.165) is 23.5 Å². The average Bonchev–Trinajstić information content (AvgIpc) is 2.29. The Bertz CT molecular complexity index is 352. The van der Waals surface area contributed by atoms with Crippen LogP contribution in [0.15, 0.2) is 12.1 Å². The van der Waals surface area contributed by atoms with Crippen LogP contribution in [0, 0.1) is 13.8 Å². The van der Waals surface area contributed by atoms with Crippen molar-refractivity contribution in [3.63, 3.8) is 0 Å². The van der Waals surface area contributed by atoms with Gasteiger partial charge < -0.3 is 10.5 Å². The van der Waals surface area contributed by atoms with Crippen molar-refractivity contribution in [1.82, 2.24) is 0 Å². The predicted octanol–water partition coefficient (Wildman–Crippen LogP) is 3.06. The maximum atomic E-state index is 6.18. The Hall–Kier alpha value is -0.670. The van der Waals surface area contributed by atoms with Crippen molar-refractivity contribution in [3.8, 4) is 5.75 Å². The van der Waals surface area contributed by atoms with Crippen LogP contribution in [0.1, 0.15) is 29.2 Å². The number of ether oxygens (including phenoxy) is 1. The van der Waals surface area contributed by atoms with E-state index in [1.54, 1.807) is 7.11 Å². The maximum absolute atomic E-state index is 6.18. The first kappa shape index (κ1) is 13.4. The number of hydrogen-bond donors (Lipinski definition) is 1. The van der Waals surface area contributed by atoms with Gasteiger partial charge in [0.15, 0.2) is 0 Å². The largest absolute Gasteiger partial charge is 0.496 e. The van der Waals surface area contributed by atoms with Gasteiger partial charge in [-0.2, -0.15) is 11.8 Å². The molecule has 1 unspecified atom stereocenters. The van der Waals surface area contributed by atoms with Crippen LogP contribution < -0.4 is 10.5 Å². The molecule has 0 heterocycles. The van der Waals surface area contributed by atoms with Crippen LogP contribution in [0.2, 0.25) is 0 Å². The standard InChI is InChI=1S/C13H21NOS/c1-9-5-6-11(12(14)7-8-16-4)13(15-3)10(9)2/h5-6,12H,7-8,14H2,1-4H3. The lowest BCUT2D eigenvalue weighted by Crippen LogP contribution is -2.13. The first-order valence-electron chi connectivity index (χ1n) is 5.50. The minimum atomic E-state index is 0.0710. The number of thioether (sulfide) groups is 1. The highest BCUT2D eigenvalue weighted by Gasteiger charge is 2.14. The summed E-state index contributed by atoms with van der Waals surface area (Å²) in [6, 6.07) is 4.28. The molecule has 16 heavy (non-hydrogen) atoms. The van der Waals surface area contributed by atoms with Crippen molar-refractivity contribution in [1.29, 1.82) is 0 Å². The highest BCUT2D eigenvalue weighted by molar-refractivity contribution is 7.98. The zero-order valence-electron chi connectivity index (χ0n) is 10.5. The summed E-state index contributed by atoms with van der Waals surface area (Å²) in [5, 5.41) is 0. The van der Waals surface area contributed by atoms with Crippen molar-refractivity contribution < 1.29 is 4.74 Å². The van der Waals surface area contributed by atoms with Crippen molar-refractivity contribution in [2.45, 2.75) is 26.3 Å².